The van der Waals surface area contributed by atoms with Gasteiger partial charge in [-0.05, 0) is 52.1 Å². The van der Waals surface area contributed by atoms with E-state index in [9.17, 15) is 9.59 Å². The molecule has 0 saturated carbocycles. The number of urea groups is 1. The summed E-state index contributed by atoms with van der Waals surface area (Å²) in [4.78, 5) is 28.9. The van der Waals surface area contributed by atoms with Crippen LogP contribution < -0.4 is 5.32 Å². The minimum absolute atomic E-state index is 0.0772. The number of carbonyl (C=O) groups is 2. The molecule has 2 unspecified atom stereocenters. The van der Waals surface area contributed by atoms with Crippen LogP contribution in [0.1, 0.15) is 39.2 Å². The molecule has 25 heavy (non-hydrogen) atoms. The third kappa shape index (κ3) is 3.42. The number of rotatable bonds is 5. The molecule has 0 radical (unpaired) electrons. The van der Waals surface area contributed by atoms with E-state index in [0.29, 0.717) is 0 Å². The molecule has 138 valence electrons. The third-order valence-electron chi connectivity index (χ3n) is 5.56. The molecule has 2 aliphatic heterocycles. The second-order valence-corrected chi connectivity index (χ2v) is 7.81. The Balaban J connectivity index is 1.64. The zero-order valence-corrected chi connectivity index (χ0v) is 15.7. The Kier molecular flexibility index (Phi) is 4.86. The molecule has 2 aliphatic rings. The van der Waals surface area contributed by atoms with E-state index in [2.05, 4.69) is 15.3 Å². The van der Waals surface area contributed by atoms with Gasteiger partial charge in [-0.15, -0.1) is 0 Å². The number of carbonyl (C=O) groups excluding carboxylic acids is 2. The lowest BCUT2D eigenvalue weighted by atomic mass is 9.79. The first-order valence-electron chi connectivity index (χ1n) is 9.17. The number of piperidine rings is 1. The number of hydrogen-bond donors (Lipinski definition) is 1. The second kappa shape index (κ2) is 6.78. The lowest BCUT2D eigenvalue weighted by molar-refractivity contribution is -0.134. The quantitative estimate of drug-likeness (QED) is 0.817. The van der Waals surface area contributed by atoms with Crippen LogP contribution in [-0.4, -0.2) is 62.7 Å². The SMILES string of the molecule is CC(C)N1C(=O)NC(C)(C2CCCN(CCc3cnn(C)c3)C2)C1=O. The fourth-order valence-corrected chi connectivity index (χ4v) is 4.04. The minimum atomic E-state index is -0.783. The van der Waals surface area contributed by atoms with Crippen molar-refractivity contribution in [3.8, 4) is 0 Å². The summed E-state index contributed by atoms with van der Waals surface area (Å²) >= 11 is 0. The predicted molar refractivity (Wildman–Crippen MR) is 95.0 cm³/mol. The van der Waals surface area contributed by atoms with Gasteiger partial charge in [0.1, 0.15) is 5.54 Å². The highest BCUT2D eigenvalue weighted by atomic mass is 16.2. The zero-order chi connectivity index (χ0) is 18.2. The first-order chi connectivity index (χ1) is 11.8. The van der Waals surface area contributed by atoms with Crippen molar-refractivity contribution in [2.75, 3.05) is 19.6 Å². The Labute approximate surface area is 149 Å². The number of amides is 3. The molecular formula is C18H29N5O2. The first kappa shape index (κ1) is 17.9. The van der Waals surface area contributed by atoms with Crippen LogP contribution in [-0.2, 0) is 18.3 Å². The van der Waals surface area contributed by atoms with Crippen LogP contribution in [0.25, 0.3) is 0 Å². The molecule has 2 saturated heterocycles. The number of aromatic nitrogens is 2. The lowest BCUT2D eigenvalue weighted by Gasteiger charge is -2.40. The van der Waals surface area contributed by atoms with Crippen molar-refractivity contribution in [2.24, 2.45) is 13.0 Å². The van der Waals surface area contributed by atoms with E-state index in [0.717, 1.165) is 38.9 Å². The van der Waals surface area contributed by atoms with Crippen molar-refractivity contribution >= 4 is 11.9 Å². The van der Waals surface area contributed by atoms with Gasteiger partial charge in [-0.1, -0.05) is 0 Å². The van der Waals surface area contributed by atoms with Gasteiger partial charge in [0.25, 0.3) is 5.91 Å². The Bertz CT molecular complexity index is 656. The first-order valence-corrected chi connectivity index (χ1v) is 9.17. The normalized spacial score (nSPS) is 28.0. The van der Waals surface area contributed by atoms with Gasteiger partial charge in [0.05, 0.1) is 6.20 Å². The molecule has 2 fully saturated rings. The summed E-state index contributed by atoms with van der Waals surface area (Å²) in [6, 6.07) is -0.366. The molecule has 0 aliphatic carbocycles. The summed E-state index contributed by atoms with van der Waals surface area (Å²) in [5.41, 5.74) is 0.445. The van der Waals surface area contributed by atoms with Gasteiger partial charge >= 0.3 is 6.03 Å². The monoisotopic (exact) mass is 347 g/mol. The summed E-state index contributed by atoms with van der Waals surface area (Å²) in [5, 5.41) is 7.19. The van der Waals surface area contributed by atoms with Gasteiger partial charge in [0, 0.05) is 38.3 Å². The van der Waals surface area contributed by atoms with Crippen molar-refractivity contribution in [3.63, 3.8) is 0 Å². The molecule has 3 heterocycles. The highest BCUT2D eigenvalue weighted by molar-refractivity contribution is 6.07. The fraction of sp³-hybridized carbons (Fsp3) is 0.722. The van der Waals surface area contributed by atoms with E-state index in [4.69, 9.17) is 0 Å². The van der Waals surface area contributed by atoms with Gasteiger partial charge in [0.15, 0.2) is 0 Å². The summed E-state index contributed by atoms with van der Waals surface area (Å²) in [7, 11) is 1.93. The Morgan fingerprint density at radius 2 is 2.16 bits per heavy atom. The van der Waals surface area contributed by atoms with Crippen molar-refractivity contribution in [1.82, 2.24) is 24.9 Å². The predicted octanol–water partition coefficient (Wildman–Crippen LogP) is 1.39. The topological polar surface area (TPSA) is 70.5 Å². The number of nitrogens with one attached hydrogen (secondary N) is 1. The van der Waals surface area contributed by atoms with E-state index < -0.39 is 5.54 Å². The molecule has 3 rings (SSSR count). The molecule has 1 N–H and O–H groups in total. The highest BCUT2D eigenvalue weighted by Crippen LogP contribution is 2.33. The fourth-order valence-electron chi connectivity index (χ4n) is 4.04. The molecule has 7 heteroatoms. The van der Waals surface area contributed by atoms with E-state index in [1.54, 1.807) is 0 Å². The van der Waals surface area contributed by atoms with Crippen LogP contribution in [0, 0.1) is 5.92 Å². The van der Waals surface area contributed by atoms with Gasteiger partial charge < -0.3 is 10.2 Å². The zero-order valence-electron chi connectivity index (χ0n) is 15.7. The maximum Gasteiger partial charge on any atom is 0.325 e. The van der Waals surface area contributed by atoms with Crippen LogP contribution in [0.4, 0.5) is 4.79 Å². The average molecular weight is 347 g/mol. The summed E-state index contributed by atoms with van der Waals surface area (Å²) in [6.07, 6.45) is 6.93. The smallest absolute Gasteiger partial charge is 0.323 e. The maximum atomic E-state index is 12.9. The van der Waals surface area contributed by atoms with Gasteiger partial charge in [-0.2, -0.15) is 5.10 Å². The van der Waals surface area contributed by atoms with Gasteiger partial charge in [-0.25, -0.2) is 4.79 Å². The Morgan fingerprint density at radius 1 is 1.40 bits per heavy atom. The standard InChI is InChI=1S/C18H29N5O2/c1-13(2)23-16(24)18(3,20-17(23)25)15-6-5-8-22(12-15)9-7-14-10-19-21(4)11-14/h10-11,13,15H,5-9,12H2,1-4H3,(H,20,25). The highest BCUT2D eigenvalue weighted by Gasteiger charge is 2.53. The number of hydrogen-bond acceptors (Lipinski definition) is 4. The number of nitrogens with zero attached hydrogens (tertiary/aromatic N) is 4. The maximum absolute atomic E-state index is 12.9. The minimum Gasteiger partial charge on any atom is -0.323 e. The van der Waals surface area contributed by atoms with Gasteiger partial charge in [0.2, 0.25) is 0 Å². The molecule has 0 spiro atoms. The molecule has 3 amide bonds. The van der Waals surface area contributed by atoms with Gasteiger partial charge in [-0.3, -0.25) is 14.4 Å². The van der Waals surface area contributed by atoms with E-state index in [-0.39, 0.29) is 23.9 Å². The number of imide groups is 1. The summed E-state index contributed by atoms with van der Waals surface area (Å²) in [5.74, 6) is 0.0713. The molecule has 1 aromatic heterocycles. The van der Waals surface area contributed by atoms with E-state index >= 15 is 0 Å². The lowest BCUT2D eigenvalue weighted by Crippen LogP contribution is -2.56. The summed E-state index contributed by atoms with van der Waals surface area (Å²) in [6.45, 7) is 8.49. The average Bonchev–Trinajstić information content (AvgIpc) is 3.07. The molecule has 2 atom stereocenters. The molecule has 0 aromatic carbocycles. The Morgan fingerprint density at radius 3 is 2.76 bits per heavy atom. The van der Waals surface area contributed by atoms with Crippen molar-refractivity contribution in [1.29, 1.82) is 0 Å². The molecule has 7 nitrogen and oxygen atoms in total. The third-order valence-corrected chi connectivity index (χ3v) is 5.56. The van der Waals surface area contributed by atoms with E-state index in [1.807, 2.05) is 44.9 Å². The van der Waals surface area contributed by atoms with Crippen molar-refractivity contribution in [3.05, 3.63) is 18.0 Å². The second-order valence-electron chi connectivity index (χ2n) is 7.81. The Hall–Kier alpha value is -1.89. The van der Waals surface area contributed by atoms with Crippen molar-refractivity contribution in [2.45, 2.75) is 51.6 Å². The molecule has 0 bridgehead atoms. The largest absolute Gasteiger partial charge is 0.325 e. The molecule has 1 aromatic rings. The van der Waals surface area contributed by atoms with Crippen molar-refractivity contribution < 1.29 is 9.59 Å². The summed E-state index contributed by atoms with van der Waals surface area (Å²) < 4.78 is 1.82. The van der Waals surface area contributed by atoms with Crippen LogP contribution in [0.3, 0.4) is 0 Å². The number of likely N-dealkylation sites (tertiary alicyclic amines) is 1. The molecular weight excluding hydrogens is 318 g/mol. The van der Waals surface area contributed by atoms with E-state index in [1.165, 1.54) is 10.5 Å². The number of aryl methyl sites for hydroxylation is 1. The van der Waals surface area contributed by atoms with Crippen LogP contribution >= 0.6 is 0 Å². The van der Waals surface area contributed by atoms with Crippen LogP contribution in [0.15, 0.2) is 12.4 Å². The van der Waals surface area contributed by atoms with Crippen LogP contribution in [0.5, 0.6) is 0 Å². The van der Waals surface area contributed by atoms with Crippen LogP contribution in [0.2, 0.25) is 0 Å².